The number of imide groups is 1. The van der Waals surface area contributed by atoms with Crippen LogP contribution in [0.5, 0.6) is 5.88 Å². The van der Waals surface area contributed by atoms with Crippen molar-refractivity contribution in [1.82, 2.24) is 9.88 Å². The third kappa shape index (κ3) is 5.54. The molecule has 0 N–H and O–H groups in total. The molecule has 0 aliphatic carbocycles. The zero-order chi connectivity index (χ0) is 24.3. The average Bonchev–Trinajstić information content (AvgIpc) is 3.07. The summed E-state index contributed by atoms with van der Waals surface area (Å²) in [5, 5.41) is 0. The van der Waals surface area contributed by atoms with Crippen LogP contribution in [-0.2, 0) is 11.3 Å². The van der Waals surface area contributed by atoms with Gasteiger partial charge in [0.05, 0.1) is 11.3 Å². The fourth-order valence-corrected chi connectivity index (χ4v) is 3.82. The summed E-state index contributed by atoms with van der Waals surface area (Å²) >= 11 is -0.281. The summed E-state index contributed by atoms with van der Waals surface area (Å²) in [6, 6.07) is 15.8. The van der Waals surface area contributed by atoms with Crippen LogP contribution in [-0.4, -0.2) is 39.8 Å². The van der Waals surface area contributed by atoms with Gasteiger partial charge in [-0.15, -0.1) is 0 Å². The first-order valence-electron chi connectivity index (χ1n) is 9.89. The standard InChI is InChI=1S/C23H16F3N3O4S/c24-23(25,26)34-18-8-6-17(7-9-18)29-20(30)14-28(22(29)32)13-15-10-11-27-19(12-15)33-21(31)16-4-2-1-3-5-16/h1-12H,13-14H2. The lowest BCUT2D eigenvalue weighted by atomic mass is 10.2. The van der Waals surface area contributed by atoms with E-state index in [-0.39, 0.29) is 41.3 Å². The Labute approximate surface area is 196 Å². The maximum absolute atomic E-state index is 12.8. The van der Waals surface area contributed by atoms with Crippen LogP contribution in [0.2, 0.25) is 0 Å². The van der Waals surface area contributed by atoms with Crippen LogP contribution in [0.25, 0.3) is 0 Å². The molecule has 1 aliphatic rings. The Morgan fingerprint density at radius 3 is 2.41 bits per heavy atom. The molecule has 1 saturated heterocycles. The van der Waals surface area contributed by atoms with Gasteiger partial charge in [0.2, 0.25) is 5.88 Å². The number of hydrogen-bond acceptors (Lipinski definition) is 6. The number of anilines is 1. The van der Waals surface area contributed by atoms with E-state index >= 15 is 0 Å². The molecule has 1 aromatic heterocycles. The molecule has 3 aromatic rings. The second-order valence-corrected chi connectivity index (χ2v) is 8.31. The van der Waals surface area contributed by atoms with Crippen LogP contribution in [0.3, 0.4) is 0 Å². The summed E-state index contributed by atoms with van der Waals surface area (Å²) in [6.45, 7) is -0.166. The van der Waals surface area contributed by atoms with Crippen LogP contribution in [0.15, 0.2) is 77.8 Å². The van der Waals surface area contributed by atoms with E-state index in [9.17, 15) is 27.6 Å². The molecule has 174 valence electrons. The normalized spacial score (nSPS) is 14.0. The van der Waals surface area contributed by atoms with E-state index in [0.717, 1.165) is 4.90 Å². The molecule has 0 saturated carbocycles. The van der Waals surface area contributed by atoms with Gasteiger partial charge >= 0.3 is 17.5 Å². The van der Waals surface area contributed by atoms with Gasteiger partial charge in [-0.3, -0.25) is 4.79 Å². The molecule has 7 nitrogen and oxygen atoms in total. The van der Waals surface area contributed by atoms with Gasteiger partial charge in [-0.05, 0) is 59.8 Å². The predicted octanol–water partition coefficient (Wildman–Crippen LogP) is 4.88. The van der Waals surface area contributed by atoms with Gasteiger partial charge in [-0.1, -0.05) is 18.2 Å². The average molecular weight is 487 g/mol. The minimum absolute atomic E-state index is 0.0407. The fraction of sp³-hybridized carbons (Fsp3) is 0.130. The molecule has 2 aromatic carbocycles. The molecule has 0 spiro atoms. The Hall–Kier alpha value is -3.86. The summed E-state index contributed by atoms with van der Waals surface area (Å²) in [5.41, 5.74) is -3.33. The summed E-state index contributed by atoms with van der Waals surface area (Å²) < 4.78 is 42.8. The predicted molar refractivity (Wildman–Crippen MR) is 117 cm³/mol. The number of hydrogen-bond donors (Lipinski definition) is 0. The molecule has 11 heteroatoms. The molecule has 2 heterocycles. The lowest BCUT2D eigenvalue weighted by molar-refractivity contribution is -0.116. The van der Waals surface area contributed by atoms with Crippen molar-refractivity contribution in [3.63, 3.8) is 0 Å². The van der Waals surface area contributed by atoms with Crippen molar-refractivity contribution in [3.05, 3.63) is 84.1 Å². The van der Waals surface area contributed by atoms with Gasteiger partial charge in [0.25, 0.3) is 5.91 Å². The third-order valence-corrected chi connectivity index (χ3v) is 5.48. The quantitative estimate of drug-likeness (QED) is 0.280. The van der Waals surface area contributed by atoms with Crippen molar-refractivity contribution in [3.8, 4) is 5.88 Å². The molecule has 1 aliphatic heterocycles. The highest BCUT2D eigenvalue weighted by molar-refractivity contribution is 8.00. The fourth-order valence-electron chi connectivity index (χ4n) is 3.28. The number of urea groups is 1. The van der Waals surface area contributed by atoms with Gasteiger partial charge in [-0.2, -0.15) is 13.2 Å². The van der Waals surface area contributed by atoms with E-state index in [1.54, 1.807) is 36.4 Å². The Kier molecular flexibility index (Phi) is 6.55. The number of amides is 3. The van der Waals surface area contributed by atoms with Crippen LogP contribution >= 0.6 is 11.8 Å². The monoisotopic (exact) mass is 487 g/mol. The van der Waals surface area contributed by atoms with E-state index in [0.29, 0.717) is 11.1 Å². The topological polar surface area (TPSA) is 79.8 Å². The van der Waals surface area contributed by atoms with E-state index in [1.165, 1.54) is 41.4 Å². The van der Waals surface area contributed by atoms with Crippen molar-refractivity contribution < 1.29 is 32.3 Å². The number of ether oxygens (including phenoxy) is 1. The number of thioether (sulfide) groups is 1. The number of rotatable bonds is 6. The number of nitrogens with zero attached hydrogens (tertiary/aromatic N) is 3. The molecule has 0 atom stereocenters. The number of aromatic nitrogens is 1. The maximum Gasteiger partial charge on any atom is 0.446 e. The lowest BCUT2D eigenvalue weighted by Gasteiger charge is -2.17. The number of pyridine rings is 1. The Bertz CT molecular complexity index is 1220. The largest absolute Gasteiger partial charge is 0.446 e. The number of alkyl halides is 3. The third-order valence-electron chi connectivity index (χ3n) is 4.75. The SMILES string of the molecule is O=C(Oc1cc(CN2CC(=O)N(c3ccc(SC(F)(F)F)cc3)C2=O)ccn1)c1ccccc1. The van der Waals surface area contributed by atoms with Gasteiger partial charge in [0.1, 0.15) is 6.54 Å². The first kappa shape index (κ1) is 23.3. The number of halogens is 3. The summed E-state index contributed by atoms with van der Waals surface area (Å²) in [5.74, 6) is -1.05. The molecule has 34 heavy (non-hydrogen) atoms. The van der Waals surface area contributed by atoms with Crippen molar-refractivity contribution in [2.45, 2.75) is 16.9 Å². The van der Waals surface area contributed by atoms with E-state index in [4.69, 9.17) is 4.74 Å². The highest BCUT2D eigenvalue weighted by Gasteiger charge is 2.37. The molecular weight excluding hydrogens is 471 g/mol. The lowest BCUT2D eigenvalue weighted by Crippen LogP contribution is -2.32. The van der Waals surface area contributed by atoms with Gasteiger partial charge < -0.3 is 9.64 Å². The van der Waals surface area contributed by atoms with Crippen LogP contribution < -0.4 is 9.64 Å². The molecule has 4 rings (SSSR count). The van der Waals surface area contributed by atoms with Crippen molar-refractivity contribution in [2.75, 3.05) is 11.4 Å². The Morgan fingerprint density at radius 1 is 1.03 bits per heavy atom. The van der Waals surface area contributed by atoms with Crippen molar-refractivity contribution in [1.29, 1.82) is 0 Å². The summed E-state index contributed by atoms with van der Waals surface area (Å²) in [4.78, 5) is 43.7. The van der Waals surface area contributed by atoms with Gasteiger partial charge in [0.15, 0.2) is 0 Å². The van der Waals surface area contributed by atoms with Crippen molar-refractivity contribution >= 4 is 35.4 Å². The highest BCUT2D eigenvalue weighted by atomic mass is 32.2. The van der Waals surface area contributed by atoms with Crippen molar-refractivity contribution in [2.24, 2.45) is 0 Å². The maximum atomic E-state index is 12.8. The number of carbonyl (C=O) groups excluding carboxylic acids is 3. The first-order valence-corrected chi connectivity index (χ1v) is 10.7. The molecule has 0 unspecified atom stereocenters. The van der Waals surface area contributed by atoms with Crippen LogP contribution in [0, 0.1) is 0 Å². The summed E-state index contributed by atoms with van der Waals surface area (Å²) in [6.07, 6.45) is 1.42. The Morgan fingerprint density at radius 2 is 1.74 bits per heavy atom. The number of esters is 1. The second-order valence-electron chi connectivity index (χ2n) is 7.17. The minimum Gasteiger partial charge on any atom is -0.404 e. The Balaban J connectivity index is 1.43. The second kappa shape index (κ2) is 9.56. The van der Waals surface area contributed by atoms with Gasteiger partial charge in [-0.25, -0.2) is 19.5 Å². The van der Waals surface area contributed by atoms with Gasteiger partial charge in [0, 0.05) is 23.7 Å². The molecular formula is C23H16F3N3O4S. The highest BCUT2D eigenvalue weighted by Crippen LogP contribution is 2.37. The zero-order valence-electron chi connectivity index (χ0n) is 17.4. The smallest absolute Gasteiger partial charge is 0.404 e. The minimum atomic E-state index is -4.43. The van der Waals surface area contributed by atoms with Crippen LogP contribution in [0.1, 0.15) is 15.9 Å². The molecule has 0 radical (unpaired) electrons. The van der Waals surface area contributed by atoms with E-state index in [2.05, 4.69) is 4.98 Å². The summed E-state index contributed by atoms with van der Waals surface area (Å²) in [7, 11) is 0. The van der Waals surface area contributed by atoms with E-state index < -0.39 is 23.4 Å². The first-order chi connectivity index (χ1) is 16.2. The van der Waals surface area contributed by atoms with Crippen LogP contribution in [0.4, 0.5) is 23.7 Å². The molecule has 0 bridgehead atoms. The number of benzene rings is 2. The molecule has 1 fully saturated rings. The molecule has 3 amide bonds. The number of carbonyl (C=O) groups is 3. The zero-order valence-corrected chi connectivity index (χ0v) is 18.2. The van der Waals surface area contributed by atoms with E-state index in [1.807, 2.05) is 0 Å².